The molecule has 0 atom stereocenters. The van der Waals surface area contributed by atoms with Crippen LogP contribution in [0.5, 0.6) is 0 Å². The van der Waals surface area contributed by atoms with Crippen LogP contribution in [0.3, 0.4) is 0 Å². The molecule has 0 amide bonds. The molecule has 7 nitrogen and oxygen atoms in total. The summed E-state index contributed by atoms with van der Waals surface area (Å²) in [6.45, 7) is 4.19. The van der Waals surface area contributed by atoms with E-state index in [-0.39, 0.29) is 11.5 Å². The van der Waals surface area contributed by atoms with Crippen LogP contribution in [0.1, 0.15) is 0 Å². The molecule has 1 aromatic heterocycles. The van der Waals surface area contributed by atoms with E-state index in [1.165, 1.54) is 12.3 Å². The zero-order valence-electron chi connectivity index (χ0n) is 10.6. The van der Waals surface area contributed by atoms with Gasteiger partial charge in [0, 0.05) is 38.9 Å². The minimum absolute atomic E-state index is 0.0233. The number of aliphatic hydroxyl groups excluding tert-OH is 1. The number of nitrogens with two attached hydrogens (primary N) is 1. The van der Waals surface area contributed by atoms with E-state index in [0.29, 0.717) is 6.54 Å². The number of rotatable bonds is 4. The number of sulfonamides is 1. The number of β-amino-alcohol motifs (C(OH)–C–C–N with tert-alkyl or cyclic N) is 1. The van der Waals surface area contributed by atoms with Crippen molar-refractivity contribution in [3.05, 3.63) is 18.3 Å². The smallest absolute Gasteiger partial charge is 0.239 e. The van der Waals surface area contributed by atoms with E-state index in [0.717, 1.165) is 32.0 Å². The third kappa shape index (κ3) is 3.63. The van der Waals surface area contributed by atoms with Gasteiger partial charge in [0.05, 0.1) is 6.61 Å². The van der Waals surface area contributed by atoms with Gasteiger partial charge in [-0.25, -0.2) is 18.5 Å². The summed E-state index contributed by atoms with van der Waals surface area (Å²) in [5, 5.41) is 13.9. The fourth-order valence-electron chi connectivity index (χ4n) is 2.07. The standard InChI is InChI=1S/C11H18N4O3S/c12-19(17,18)10-1-2-11(13-9-10)15-5-3-14(4-6-15)7-8-16/h1-2,9,16H,3-8H2,(H2,12,17,18). The third-order valence-electron chi connectivity index (χ3n) is 3.16. The lowest BCUT2D eigenvalue weighted by Crippen LogP contribution is -2.47. The molecule has 1 fully saturated rings. The lowest BCUT2D eigenvalue weighted by molar-refractivity contribution is 0.188. The SMILES string of the molecule is NS(=O)(=O)c1ccc(N2CCN(CCO)CC2)nc1. The van der Waals surface area contributed by atoms with Gasteiger partial charge in [-0.15, -0.1) is 0 Å². The number of aliphatic hydroxyl groups is 1. The number of pyridine rings is 1. The van der Waals surface area contributed by atoms with Gasteiger partial charge >= 0.3 is 0 Å². The molecule has 3 N–H and O–H groups in total. The van der Waals surface area contributed by atoms with Gasteiger partial charge in [0.2, 0.25) is 10.0 Å². The monoisotopic (exact) mass is 286 g/mol. The minimum Gasteiger partial charge on any atom is -0.395 e. The van der Waals surface area contributed by atoms with E-state index in [1.807, 2.05) is 0 Å². The van der Waals surface area contributed by atoms with Crippen LogP contribution in [0.4, 0.5) is 5.82 Å². The molecule has 0 aliphatic carbocycles. The summed E-state index contributed by atoms with van der Waals surface area (Å²) >= 11 is 0. The van der Waals surface area contributed by atoms with Crippen LogP contribution in [0.2, 0.25) is 0 Å². The Labute approximate surface area is 112 Å². The highest BCUT2D eigenvalue weighted by molar-refractivity contribution is 7.89. The summed E-state index contributed by atoms with van der Waals surface area (Å²) in [7, 11) is -3.68. The maximum Gasteiger partial charge on any atom is 0.239 e. The van der Waals surface area contributed by atoms with Gasteiger partial charge < -0.3 is 10.0 Å². The number of primary sulfonamides is 1. The van der Waals surface area contributed by atoms with Gasteiger partial charge in [0.15, 0.2) is 0 Å². The molecular formula is C11H18N4O3S. The molecule has 0 aromatic carbocycles. The summed E-state index contributed by atoms with van der Waals surface area (Å²) in [6.07, 6.45) is 1.28. The summed E-state index contributed by atoms with van der Waals surface area (Å²) in [5.41, 5.74) is 0. The van der Waals surface area contributed by atoms with Crippen LogP contribution >= 0.6 is 0 Å². The maximum atomic E-state index is 11.1. The predicted octanol–water partition coefficient (Wildman–Crippen LogP) is -1.16. The second-order valence-electron chi connectivity index (χ2n) is 4.45. The van der Waals surface area contributed by atoms with Crippen molar-refractivity contribution in [1.82, 2.24) is 9.88 Å². The van der Waals surface area contributed by atoms with Crippen LogP contribution in [-0.4, -0.2) is 62.7 Å². The lowest BCUT2D eigenvalue weighted by atomic mass is 10.3. The summed E-state index contributed by atoms with van der Waals surface area (Å²) in [6, 6.07) is 3.14. The molecule has 0 spiro atoms. The molecule has 1 aliphatic heterocycles. The first kappa shape index (κ1) is 14.2. The Hall–Kier alpha value is -1.22. The topological polar surface area (TPSA) is 99.8 Å². The Morgan fingerprint density at radius 1 is 1.26 bits per heavy atom. The highest BCUT2D eigenvalue weighted by Gasteiger charge is 2.18. The number of aromatic nitrogens is 1. The molecule has 0 saturated carbocycles. The van der Waals surface area contributed by atoms with E-state index in [9.17, 15) is 8.42 Å². The average molecular weight is 286 g/mol. The van der Waals surface area contributed by atoms with E-state index < -0.39 is 10.0 Å². The number of anilines is 1. The molecule has 2 rings (SSSR count). The second kappa shape index (κ2) is 5.83. The van der Waals surface area contributed by atoms with Crippen molar-refractivity contribution in [1.29, 1.82) is 0 Å². The fraction of sp³-hybridized carbons (Fsp3) is 0.545. The highest BCUT2D eigenvalue weighted by Crippen LogP contribution is 2.15. The van der Waals surface area contributed by atoms with Crippen LogP contribution in [0.25, 0.3) is 0 Å². The van der Waals surface area contributed by atoms with Crippen molar-refractivity contribution >= 4 is 15.8 Å². The quantitative estimate of drug-likeness (QED) is 0.724. The number of nitrogens with zero attached hydrogens (tertiary/aromatic N) is 3. The van der Waals surface area contributed by atoms with Crippen molar-refractivity contribution in [2.24, 2.45) is 5.14 Å². The number of hydrogen-bond donors (Lipinski definition) is 2. The van der Waals surface area contributed by atoms with Crippen molar-refractivity contribution in [3.8, 4) is 0 Å². The third-order valence-corrected chi connectivity index (χ3v) is 4.06. The molecule has 0 unspecified atom stereocenters. The fourth-order valence-corrected chi connectivity index (χ4v) is 2.53. The lowest BCUT2D eigenvalue weighted by Gasteiger charge is -2.35. The van der Waals surface area contributed by atoms with Gasteiger partial charge in [-0.2, -0.15) is 0 Å². The van der Waals surface area contributed by atoms with Crippen molar-refractivity contribution < 1.29 is 13.5 Å². The van der Waals surface area contributed by atoms with Gasteiger partial charge in [0.1, 0.15) is 10.7 Å². The zero-order valence-corrected chi connectivity index (χ0v) is 11.4. The molecule has 1 aromatic rings. The number of piperazine rings is 1. The van der Waals surface area contributed by atoms with Gasteiger partial charge in [0.25, 0.3) is 0 Å². The first-order chi connectivity index (χ1) is 9.00. The molecule has 1 saturated heterocycles. The average Bonchev–Trinajstić information content (AvgIpc) is 2.39. The Morgan fingerprint density at radius 3 is 2.42 bits per heavy atom. The van der Waals surface area contributed by atoms with Crippen molar-refractivity contribution in [2.45, 2.75) is 4.90 Å². The van der Waals surface area contributed by atoms with Crippen LogP contribution < -0.4 is 10.0 Å². The van der Waals surface area contributed by atoms with Crippen molar-refractivity contribution in [2.75, 3.05) is 44.2 Å². The first-order valence-corrected chi connectivity index (χ1v) is 7.62. The van der Waals surface area contributed by atoms with Gasteiger partial charge in [-0.1, -0.05) is 0 Å². The van der Waals surface area contributed by atoms with Crippen LogP contribution in [0, 0.1) is 0 Å². The maximum absolute atomic E-state index is 11.1. The number of hydrogen-bond acceptors (Lipinski definition) is 6. The molecule has 2 heterocycles. The molecule has 106 valence electrons. The Bertz CT molecular complexity index is 509. The minimum atomic E-state index is -3.68. The summed E-state index contributed by atoms with van der Waals surface area (Å²) in [5.74, 6) is 0.746. The van der Waals surface area contributed by atoms with E-state index >= 15 is 0 Å². The Kier molecular flexibility index (Phi) is 4.35. The van der Waals surface area contributed by atoms with E-state index in [2.05, 4.69) is 14.8 Å². The predicted molar refractivity (Wildman–Crippen MR) is 71.3 cm³/mol. The highest BCUT2D eigenvalue weighted by atomic mass is 32.2. The van der Waals surface area contributed by atoms with Crippen LogP contribution in [-0.2, 0) is 10.0 Å². The normalized spacial score (nSPS) is 17.7. The van der Waals surface area contributed by atoms with E-state index in [4.69, 9.17) is 10.2 Å². The van der Waals surface area contributed by atoms with Gasteiger partial charge in [-0.05, 0) is 12.1 Å². The molecule has 0 bridgehead atoms. The molecule has 0 radical (unpaired) electrons. The molecular weight excluding hydrogens is 268 g/mol. The first-order valence-electron chi connectivity index (χ1n) is 6.08. The molecule has 1 aliphatic rings. The second-order valence-corrected chi connectivity index (χ2v) is 6.01. The largest absolute Gasteiger partial charge is 0.395 e. The van der Waals surface area contributed by atoms with E-state index in [1.54, 1.807) is 6.07 Å². The summed E-state index contributed by atoms with van der Waals surface area (Å²) < 4.78 is 22.3. The molecule has 8 heteroatoms. The molecule has 19 heavy (non-hydrogen) atoms. The van der Waals surface area contributed by atoms with Crippen molar-refractivity contribution in [3.63, 3.8) is 0 Å². The zero-order chi connectivity index (χ0) is 13.9. The van der Waals surface area contributed by atoms with Gasteiger partial charge in [-0.3, -0.25) is 4.90 Å². The summed E-state index contributed by atoms with van der Waals surface area (Å²) in [4.78, 5) is 8.42. The van der Waals surface area contributed by atoms with Crippen LogP contribution in [0.15, 0.2) is 23.2 Å². The Morgan fingerprint density at radius 2 is 1.95 bits per heavy atom. The Balaban J connectivity index is 2.00.